The van der Waals surface area contributed by atoms with Crippen molar-refractivity contribution < 1.29 is 13.9 Å². The molecular weight excluding hydrogens is 249 g/mol. The molecule has 0 aromatic carbocycles. The maximum Gasteiger partial charge on any atom is 0.251 e. The molecule has 1 aromatic heterocycles. The van der Waals surface area contributed by atoms with Crippen LogP contribution in [0.2, 0.25) is 0 Å². The SMILES string of the molecule is CC(CN1CCOCC1)NC(=O)c1ccnc(F)c1. The molecule has 0 spiro atoms. The summed E-state index contributed by atoms with van der Waals surface area (Å²) in [6.45, 7) is 5.92. The largest absolute Gasteiger partial charge is 0.379 e. The van der Waals surface area contributed by atoms with Gasteiger partial charge in [0.15, 0.2) is 0 Å². The second-order valence-corrected chi connectivity index (χ2v) is 4.65. The van der Waals surface area contributed by atoms with Gasteiger partial charge in [0.25, 0.3) is 5.91 Å². The highest BCUT2D eigenvalue weighted by Crippen LogP contribution is 2.02. The number of rotatable bonds is 4. The molecule has 1 unspecified atom stereocenters. The van der Waals surface area contributed by atoms with E-state index in [2.05, 4.69) is 15.2 Å². The van der Waals surface area contributed by atoms with Crippen molar-refractivity contribution in [2.24, 2.45) is 0 Å². The number of hydrogen-bond acceptors (Lipinski definition) is 4. The molecule has 19 heavy (non-hydrogen) atoms. The number of ether oxygens (including phenoxy) is 1. The number of pyridine rings is 1. The highest BCUT2D eigenvalue weighted by molar-refractivity contribution is 5.94. The van der Waals surface area contributed by atoms with Gasteiger partial charge < -0.3 is 10.1 Å². The topological polar surface area (TPSA) is 54.5 Å². The highest BCUT2D eigenvalue weighted by Gasteiger charge is 2.16. The molecule has 0 radical (unpaired) electrons. The summed E-state index contributed by atoms with van der Waals surface area (Å²) in [4.78, 5) is 17.6. The molecule has 0 bridgehead atoms. The van der Waals surface area contributed by atoms with Crippen molar-refractivity contribution >= 4 is 5.91 Å². The summed E-state index contributed by atoms with van der Waals surface area (Å²) >= 11 is 0. The first kappa shape index (κ1) is 13.9. The van der Waals surface area contributed by atoms with Gasteiger partial charge in [-0.2, -0.15) is 4.39 Å². The average Bonchev–Trinajstić information content (AvgIpc) is 2.39. The van der Waals surface area contributed by atoms with Crippen LogP contribution in [0.4, 0.5) is 4.39 Å². The number of nitrogens with zero attached hydrogens (tertiary/aromatic N) is 2. The van der Waals surface area contributed by atoms with Crippen molar-refractivity contribution in [1.29, 1.82) is 0 Å². The van der Waals surface area contributed by atoms with Gasteiger partial charge >= 0.3 is 0 Å². The molecule has 1 aliphatic rings. The summed E-state index contributed by atoms with van der Waals surface area (Å²) in [5.74, 6) is -0.921. The zero-order valence-electron chi connectivity index (χ0n) is 10.9. The standard InChI is InChI=1S/C13H18FN3O2/c1-10(9-17-4-6-19-7-5-17)16-13(18)11-2-3-15-12(14)8-11/h2-3,8,10H,4-7,9H2,1H3,(H,16,18). The number of carbonyl (C=O) groups excluding carboxylic acids is 1. The van der Waals surface area contributed by atoms with Crippen molar-refractivity contribution in [1.82, 2.24) is 15.2 Å². The fourth-order valence-electron chi connectivity index (χ4n) is 2.07. The van der Waals surface area contributed by atoms with E-state index in [0.29, 0.717) is 5.56 Å². The Kier molecular flexibility index (Phi) is 4.81. The predicted molar refractivity (Wildman–Crippen MR) is 68.4 cm³/mol. The second-order valence-electron chi connectivity index (χ2n) is 4.65. The van der Waals surface area contributed by atoms with Gasteiger partial charge in [-0.15, -0.1) is 0 Å². The van der Waals surface area contributed by atoms with Gasteiger partial charge in [0.05, 0.1) is 13.2 Å². The van der Waals surface area contributed by atoms with E-state index in [0.717, 1.165) is 38.9 Å². The van der Waals surface area contributed by atoms with E-state index in [1.807, 2.05) is 6.92 Å². The highest BCUT2D eigenvalue weighted by atomic mass is 19.1. The third kappa shape index (κ3) is 4.25. The van der Waals surface area contributed by atoms with Crippen LogP contribution in [-0.4, -0.2) is 54.7 Å². The molecule has 104 valence electrons. The van der Waals surface area contributed by atoms with E-state index in [9.17, 15) is 9.18 Å². The van der Waals surface area contributed by atoms with Crippen molar-refractivity contribution in [2.75, 3.05) is 32.8 Å². The van der Waals surface area contributed by atoms with Crippen molar-refractivity contribution in [3.63, 3.8) is 0 Å². The smallest absolute Gasteiger partial charge is 0.251 e. The van der Waals surface area contributed by atoms with Crippen LogP contribution in [0.5, 0.6) is 0 Å². The van der Waals surface area contributed by atoms with Crippen LogP contribution in [0.3, 0.4) is 0 Å². The Bertz CT molecular complexity index is 436. The lowest BCUT2D eigenvalue weighted by molar-refractivity contribution is 0.0342. The first-order valence-electron chi connectivity index (χ1n) is 6.37. The molecule has 2 rings (SSSR count). The Labute approximate surface area is 111 Å². The maximum atomic E-state index is 12.9. The molecule has 1 aromatic rings. The minimum absolute atomic E-state index is 0.00169. The maximum absolute atomic E-state index is 12.9. The van der Waals surface area contributed by atoms with Gasteiger partial charge in [0.2, 0.25) is 5.95 Å². The van der Waals surface area contributed by atoms with E-state index in [-0.39, 0.29) is 11.9 Å². The molecule has 6 heteroatoms. The van der Waals surface area contributed by atoms with Crippen LogP contribution in [0.1, 0.15) is 17.3 Å². The number of aromatic nitrogens is 1. The number of nitrogens with one attached hydrogen (secondary N) is 1. The predicted octanol–water partition coefficient (Wildman–Crippen LogP) is 0.671. The third-order valence-corrected chi connectivity index (χ3v) is 3.00. The number of amides is 1. The Morgan fingerprint density at radius 1 is 1.58 bits per heavy atom. The van der Waals surface area contributed by atoms with Gasteiger partial charge in [-0.25, -0.2) is 4.98 Å². The lowest BCUT2D eigenvalue weighted by Gasteiger charge is -2.29. The minimum Gasteiger partial charge on any atom is -0.379 e. The molecule has 1 N–H and O–H groups in total. The summed E-state index contributed by atoms with van der Waals surface area (Å²) < 4.78 is 18.2. The van der Waals surface area contributed by atoms with Crippen LogP contribution >= 0.6 is 0 Å². The van der Waals surface area contributed by atoms with Gasteiger partial charge in [-0.05, 0) is 13.0 Å². The first-order valence-corrected chi connectivity index (χ1v) is 6.37. The van der Waals surface area contributed by atoms with Gasteiger partial charge in [0.1, 0.15) is 0 Å². The van der Waals surface area contributed by atoms with Crippen LogP contribution in [0.25, 0.3) is 0 Å². The van der Waals surface area contributed by atoms with Gasteiger partial charge in [0, 0.05) is 43.5 Å². The molecule has 1 aliphatic heterocycles. The third-order valence-electron chi connectivity index (χ3n) is 3.00. The molecule has 1 fully saturated rings. The first-order chi connectivity index (χ1) is 9.15. The van der Waals surface area contributed by atoms with Crippen LogP contribution < -0.4 is 5.32 Å². The van der Waals surface area contributed by atoms with E-state index < -0.39 is 5.95 Å². The lowest BCUT2D eigenvalue weighted by atomic mass is 10.2. The molecule has 5 nitrogen and oxygen atoms in total. The zero-order valence-corrected chi connectivity index (χ0v) is 10.9. The number of halogens is 1. The fraction of sp³-hybridized carbons (Fsp3) is 0.538. The Hall–Kier alpha value is -1.53. The summed E-state index contributed by atoms with van der Waals surface area (Å²) in [6.07, 6.45) is 1.29. The molecule has 2 heterocycles. The molecule has 0 aliphatic carbocycles. The van der Waals surface area contributed by atoms with Crippen molar-refractivity contribution in [3.8, 4) is 0 Å². The molecular formula is C13H18FN3O2. The quantitative estimate of drug-likeness (QED) is 0.815. The Morgan fingerprint density at radius 2 is 2.32 bits per heavy atom. The number of morpholine rings is 1. The fourth-order valence-corrected chi connectivity index (χ4v) is 2.07. The normalized spacial score (nSPS) is 18.0. The lowest BCUT2D eigenvalue weighted by Crippen LogP contribution is -2.46. The summed E-state index contributed by atoms with van der Waals surface area (Å²) in [5.41, 5.74) is 0.293. The summed E-state index contributed by atoms with van der Waals surface area (Å²) in [5, 5.41) is 2.85. The summed E-state index contributed by atoms with van der Waals surface area (Å²) in [6, 6.07) is 2.64. The molecule has 1 saturated heterocycles. The number of carbonyl (C=O) groups is 1. The van der Waals surface area contributed by atoms with Crippen LogP contribution in [0, 0.1) is 5.95 Å². The van der Waals surface area contributed by atoms with E-state index in [1.54, 1.807) is 0 Å². The Balaban J connectivity index is 1.84. The van der Waals surface area contributed by atoms with Gasteiger partial charge in [-0.3, -0.25) is 9.69 Å². The second kappa shape index (κ2) is 6.58. The van der Waals surface area contributed by atoms with E-state index in [1.165, 1.54) is 12.3 Å². The van der Waals surface area contributed by atoms with E-state index >= 15 is 0 Å². The molecule has 1 amide bonds. The van der Waals surface area contributed by atoms with Crippen LogP contribution in [-0.2, 0) is 4.74 Å². The molecule has 1 atom stereocenters. The summed E-state index contributed by atoms with van der Waals surface area (Å²) in [7, 11) is 0. The van der Waals surface area contributed by atoms with E-state index in [4.69, 9.17) is 4.74 Å². The average molecular weight is 267 g/mol. The van der Waals surface area contributed by atoms with Crippen molar-refractivity contribution in [3.05, 3.63) is 29.8 Å². The monoisotopic (exact) mass is 267 g/mol. The zero-order chi connectivity index (χ0) is 13.7. The molecule has 0 saturated carbocycles. The van der Waals surface area contributed by atoms with Crippen molar-refractivity contribution in [2.45, 2.75) is 13.0 Å². The minimum atomic E-state index is -0.645. The Morgan fingerprint density at radius 3 is 3.00 bits per heavy atom. The van der Waals surface area contributed by atoms with Gasteiger partial charge in [-0.1, -0.05) is 0 Å². The van der Waals surface area contributed by atoms with Crippen LogP contribution in [0.15, 0.2) is 18.3 Å². The number of hydrogen-bond donors (Lipinski definition) is 1.